The lowest BCUT2D eigenvalue weighted by Gasteiger charge is -2.12. The summed E-state index contributed by atoms with van der Waals surface area (Å²) in [6, 6.07) is 14.5. The minimum Gasteiger partial charge on any atom is -0.492 e. The first-order chi connectivity index (χ1) is 10.1. The summed E-state index contributed by atoms with van der Waals surface area (Å²) in [5.41, 5.74) is 1.60. The van der Waals surface area contributed by atoms with Crippen LogP contribution in [0.5, 0.6) is 5.75 Å². The molecule has 4 heteroatoms. The first-order valence-electron chi connectivity index (χ1n) is 7.00. The van der Waals surface area contributed by atoms with Crippen LogP contribution in [0.3, 0.4) is 0 Å². The van der Waals surface area contributed by atoms with Crippen molar-refractivity contribution in [1.29, 1.82) is 0 Å². The molecule has 0 fully saturated rings. The van der Waals surface area contributed by atoms with Crippen LogP contribution in [0.1, 0.15) is 5.56 Å². The maximum Gasteiger partial charge on any atom is 0.128 e. The number of rotatable bonds is 7. The fourth-order valence-corrected chi connectivity index (χ4v) is 1.85. The van der Waals surface area contributed by atoms with Crippen molar-refractivity contribution in [1.82, 2.24) is 4.90 Å². The molecule has 2 aromatic rings. The van der Waals surface area contributed by atoms with Gasteiger partial charge < -0.3 is 15.0 Å². The zero-order valence-electron chi connectivity index (χ0n) is 12.5. The Morgan fingerprint density at radius 2 is 1.76 bits per heavy atom. The summed E-state index contributed by atoms with van der Waals surface area (Å²) in [6.07, 6.45) is 0. The topological polar surface area (TPSA) is 24.5 Å². The van der Waals surface area contributed by atoms with E-state index in [1.807, 2.05) is 44.4 Å². The highest BCUT2D eigenvalue weighted by atomic mass is 19.1. The molecule has 0 aliphatic heterocycles. The van der Waals surface area contributed by atoms with Crippen LogP contribution in [0.2, 0.25) is 0 Å². The minimum atomic E-state index is -0.186. The second kappa shape index (κ2) is 7.64. The zero-order valence-corrected chi connectivity index (χ0v) is 12.5. The fourth-order valence-electron chi connectivity index (χ4n) is 1.85. The van der Waals surface area contributed by atoms with E-state index in [1.54, 1.807) is 12.1 Å². The van der Waals surface area contributed by atoms with Gasteiger partial charge in [0.25, 0.3) is 0 Å². The van der Waals surface area contributed by atoms with E-state index in [9.17, 15) is 4.39 Å². The Labute approximate surface area is 125 Å². The van der Waals surface area contributed by atoms with Crippen molar-refractivity contribution in [2.45, 2.75) is 6.54 Å². The molecule has 0 spiro atoms. The van der Waals surface area contributed by atoms with Gasteiger partial charge in [-0.15, -0.1) is 0 Å². The van der Waals surface area contributed by atoms with Crippen LogP contribution in [0, 0.1) is 5.82 Å². The maximum atomic E-state index is 13.5. The zero-order chi connectivity index (χ0) is 15.1. The predicted molar refractivity (Wildman–Crippen MR) is 84.2 cm³/mol. The molecule has 0 radical (unpaired) electrons. The first kappa shape index (κ1) is 15.3. The molecule has 0 atom stereocenters. The third kappa shape index (κ3) is 5.08. The van der Waals surface area contributed by atoms with E-state index in [-0.39, 0.29) is 5.82 Å². The molecule has 0 aromatic heterocycles. The molecule has 0 aliphatic carbocycles. The Bertz CT molecular complexity index is 555. The molecule has 2 aromatic carbocycles. The van der Waals surface area contributed by atoms with Crippen LogP contribution >= 0.6 is 0 Å². The van der Waals surface area contributed by atoms with Gasteiger partial charge in [0.2, 0.25) is 0 Å². The van der Waals surface area contributed by atoms with Gasteiger partial charge in [0, 0.05) is 24.3 Å². The number of ether oxygens (including phenoxy) is 1. The smallest absolute Gasteiger partial charge is 0.128 e. The molecular formula is C17H21FN2O. The Kier molecular flexibility index (Phi) is 5.58. The van der Waals surface area contributed by atoms with E-state index >= 15 is 0 Å². The molecule has 0 amide bonds. The molecule has 3 nitrogen and oxygen atoms in total. The molecule has 0 bridgehead atoms. The minimum absolute atomic E-state index is 0.186. The molecule has 2 rings (SSSR count). The van der Waals surface area contributed by atoms with Gasteiger partial charge in [-0.25, -0.2) is 4.39 Å². The van der Waals surface area contributed by atoms with Crippen LogP contribution in [-0.2, 0) is 6.54 Å². The van der Waals surface area contributed by atoms with Crippen LogP contribution < -0.4 is 10.1 Å². The lowest BCUT2D eigenvalue weighted by molar-refractivity contribution is 0.261. The number of benzene rings is 2. The Balaban J connectivity index is 1.84. The molecular weight excluding hydrogens is 267 g/mol. The standard InChI is InChI=1S/C17H21FN2O/c1-20(2)11-12-21-16-9-7-15(8-10-16)19-13-14-5-3-4-6-17(14)18/h3-10,19H,11-13H2,1-2H3. The summed E-state index contributed by atoms with van der Waals surface area (Å²) in [5.74, 6) is 0.655. The van der Waals surface area contributed by atoms with Crippen LogP contribution in [-0.4, -0.2) is 32.1 Å². The average molecular weight is 288 g/mol. The van der Waals surface area contributed by atoms with E-state index in [0.717, 1.165) is 18.0 Å². The van der Waals surface area contributed by atoms with Crippen LogP contribution in [0.15, 0.2) is 48.5 Å². The summed E-state index contributed by atoms with van der Waals surface area (Å²) in [5, 5.41) is 3.20. The van der Waals surface area contributed by atoms with Crippen molar-refractivity contribution in [3.05, 3.63) is 59.9 Å². The molecule has 21 heavy (non-hydrogen) atoms. The van der Waals surface area contributed by atoms with Gasteiger partial charge in [-0.3, -0.25) is 0 Å². The quantitative estimate of drug-likeness (QED) is 0.845. The fraction of sp³-hybridized carbons (Fsp3) is 0.294. The second-order valence-electron chi connectivity index (χ2n) is 5.12. The third-order valence-electron chi connectivity index (χ3n) is 3.10. The average Bonchev–Trinajstić information content (AvgIpc) is 2.47. The number of likely N-dealkylation sites (N-methyl/N-ethyl adjacent to an activating group) is 1. The molecule has 0 saturated carbocycles. The second-order valence-corrected chi connectivity index (χ2v) is 5.12. The first-order valence-corrected chi connectivity index (χ1v) is 7.00. The van der Waals surface area contributed by atoms with Crippen molar-refractivity contribution in [3.8, 4) is 5.75 Å². The summed E-state index contributed by atoms with van der Waals surface area (Å²) < 4.78 is 19.1. The van der Waals surface area contributed by atoms with E-state index < -0.39 is 0 Å². The highest BCUT2D eigenvalue weighted by molar-refractivity contribution is 5.46. The number of halogens is 1. The largest absolute Gasteiger partial charge is 0.492 e. The third-order valence-corrected chi connectivity index (χ3v) is 3.10. The van der Waals surface area contributed by atoms with Gasteiger partial charge >= 0.3 is 0 Å². The molecule has 0 unspecified atom stereocenters. The van der Waals surface area contributed by atoms with Crippen molar-refractivity contribution >= 4 is 5.69 Å². The van der Waals surface area contributed by atoms with E-state index in [0.29, 0.717) is 18.7 Å². The summed E-state index contributed by atoms with van der Waals surface area (Å²) in [7, 11) is 4.03. The number of hydrogen-bond donors (Lipinski definition) is 1. The van der Waals surface area contributed by atoms with Crippen molar-refractivity contribution < 1.29 is 9.13 Å². The molecule has 0 aliphatic rings. The summed E-state index contributed by atoms with van der Waals surface area (Å²) in [4.78, 5) is 2.07. The van der Waals surface area contributed by atoms with E-state index in [4.69, 9.17) is 4.74 Å². The predicted octanol–water partition coefficient (Wildman–Crippen LogP) is 3.38. The molecule has 1 N–H and O–H groups in total. The van der Waals surface area contributed by atoms with Crippen LogP contribution in [0.4, 0.5) is 10.1 Å². The van der Waals surface area contributed by atoms with Crippen molar-refractivity contribution in [2.24, 2.45) is 0 Å². The number of anilines is 1. The highest BCUT2D eigenvalue weighted by Crippen LogP contribution is 2.17. The van der Waals surface area contributed by atoms with Crippen LogP contribution in [0.25, 0.3) is 0 Å². The Morgan fingerprint density at radius 1 is 1.05 bits per heavy atom. The molecule has 0 heterocycles. The normalized spacial score (nSPS) is 10.7. The number of nitrogens with zero attached hydrogens (tertiary/aromatic N) is 1. The highest BCUT2D eigenvalue weighted by Gasteiger charge is 2.01. The maximum absolute atomic E-state index is 13.5. The van der Waals surface area contributed by atoms with Gasteiger partial charge in [-0.1, -0.05) is 18.2 Å². The lowest BCUT2D eigenvalue weighted by atomic mass is 10.2. The van der Waals surface area contributed by atoms with Gasteiger partial charge in [0.05, 0.1) is 0 Å². The number of hydrogen-bond acceptors (Lipinski definition) is 3. The van der Waals surface area contributed by atoms with Gasteiger partial charge in [0.1, 0.15) is 18.2 Å². The SMILES string of the molecule is CN(C)CCOc1ccc(NCc2ccccc2F)cc1. The van der Waals surface area contributed by atoms with Crippen molar-refractivity contribution in [3.63, 3.8) is 0 Å². The number of nitrogens with one attached hydrogen (secondary N) is 1. The van der Waals surface area contributed by atoms with E-state index in [2.05, 4.69) is 10.2 Å². The molecule has 112 valence electrons. The molecule has 0 saturated heterocycles. The summed E-state index contributed by atoms with van der Waals surface area (Å²) >= 11 is 0. The summed E-state index contributed by atoms with van der Waals surface area (Å²) in [6.45, 7) is 2.01. The van der Waals surface area contributed by atoms with Crippen molar-refractivity contribution in [2.75, 3.05) is 32.6 Å². The Morgan fingerprint density at radius 3 is 2.43 bits per heavy atom. The van der Waals surface area contributed by atoms with Gasteiger partial charge in [-0.2, -0.15) is 0 Å². The Hall–Kier alpha value is -2.07. The van der Waals surface area contributed by atoms with Gasteiger partial charge in [0.15, 0.2) is 0 Å². The van der Waals surface area contributed by atoms with E-state index in [1.165, 1.54) is 6.07 Å². The lowest BCUT2D eigenvalue weighted by Crippen LogP contribution is -2.19. The van der Waals surface area contributed by atoms with Gasteiger partial charge in [-0.05, 0) is 44.4 Å². The monoisotopic (exact) mass is 288 g/mol.